The third kappa shape index (κ3) is 4.38. The van der Waals surface area contributed by atoms with E-state index in [-0.39, 0.29) is 35.5 Å². The number of amides is 3. The second-order valence-electron chi connectivity index (χ2n) is 11.5. The quantitative estimate of drug-likeness (QED) is 0.386. The number of hydrogen-bond acceptors (Lipinski definition) is 5. The lowest BCUT2D eigenvalue weighted by Gasteiger charge is -2.38. The number of carbonyl (C=O) groups excluding carboxylic acids is 3. The van der Waals surface area contributed by atoms with Crippen molar-refractivity contribution >= 4 is 45.9 Å². The maximum atomic E-state index is 14.2. The maximum absolute atomic E-state index is 14.2. The highest BCUT2D eigenvalue weighted by atomic mass is 32.2. The molecule has 0 aliphatic carbocycles. The predicted molar refractivity (Wildman–Crippen MR) is 158 cm³/mol. The predicted octanol–water partition coefficient (Wildman–Crippen LogP) is 4.20. The van der Waals surface area contributed by atoms with E-state index in [0.29, 0.717) is 18.7 Å². The maximum Gasteiger partial charge on any atom is 0.248 e. The fourth-order valence-electron chi connectivity index (χ4n) is 7.05. The lowest BCUT2D eigenvalue weighted by Crippen LogP contribution is -2.56. The van der Waals surface area contributed by atoms with Crippen LogP contribution in [0.3, 0.4) is 0 Å². The van der Waals surface area contributed by atoms with Crippen molar-refractivity contribution in [2.24, 2.45) is 17.8 Å². The topological polar surface area (TPSA) is 98.7 Å². The molecule has 0 radical (unpaired) electrons. The Balaban J connectivity index is 1.32. The number of aliphatic hydroxyl groups is 1. The van der Waals surface area contributed by atoms with Crippen molar-refractivity contribution in [1.29, 1.82) is 0 Å². The van der Waals surface area contributed by atoms with E-state index in [4.69, 9.17) is 0 Å². The molecule has 3 aromatic rings. The fourth-order valence-corrected chi connectivity index (χ4v) is 9.25. The van der Waals surface area contributed by atoms with Crippen LogP contribution in [-0.2, 0) is 20.9 Å². The first-order valence-electron chi connectivity index (χ1n) is 14.1. The molecule has 1 spiro atoms. The Kier molecular flexibility index (Phi) is 7.09. The number of nitrogens with zero attached hydrogens (tertiary/aromatic N) is 1. The van der Waals surface area contributed by atoms with Gasteiger partial charge in [-0.25, -0.2) is 0 Å². The van der Waals surface area contributed by atoms with E-state index in [1.54, 1.807) is 16.7 Å². The molecule has 0 saturated carbocycles. The van der Waals surface area contributed by atoms with Gasteiger partial charge in [-0.1, -0.05) is 74.5 Å². The van der Waals surface area contributed by atoms with Crippen LogP contribution in [0.1, 0.15) is 32.3 Å². The third-order valence-corrected chi connectivity index (χ3v) is 10.9. The number of aliphatic hydroxyl groups excluding tert-OH is 1. The van der Waals surface area contributed by atoms with Gasteiger partial charge < -0.3 is 20.6 Å². The number of carbonyl (C=O) groups is 3. The van der Waals surface area contributed by atoms with Crippen LogP contribution in [0.5, 0.6) is 0 Å². The van der Waals surface area contributed by atoms with E-state index >= 15 is 0 Å². The number of hydrogen-bond donors (Lipinski definition) is 3. The largest absolute Gasteiger partial charge is 0.394 e. The zero-order valence-corrected chi connectivity index (χ0v) is 23.6. The van der Waals surface area contributed by atoms with E-state index in [9.17, 15) is 19.5 Å². The molecule has 7 nitrogen and oxygen atoms in total. The molecule has 3 saturated heterocycles. The molecule has 3 N–H and O–H groups in total. The van der Waals surface area contributed by atoms with Crippen molar-refractivity contribution in [1.82, 2.24) is 10.2 Å². The standard InChI is InChI=1S/C32H35N3O4S/c1-19(2)24(18-36)35-28(30(38)34-23-13-12-21-10-6-7-11-22(21)16-23)32-15-14-25(40-32)26(27(32)31(35)39)29(37)33-17-20-8-4-3-5-9-20/h3-13,16,19,24-28,36H,14-15,17-18H2,1-2H3,(H,33,37)(H,34,38)/t24-,25+,26-,27-,28?,32?/m0/s1. The zero-order chi connectivity index (χ0) is 28.0. The van der Waals surface area contributed by atoms with E-state index in [0.717, 1.165) is 22.8 Å². The van der Waals surface area contributed by atoms with Crippen LogP contribution in [0.2, 0.25) is 0 Å². The summed E-state index contributed by atoms with van der Waals surface area (Å²) in [6.07, 6.45) is 1.46. The summed E-state index contributed by atoms with van der Waals surface area (Å²) in [6.45, 7) is 4.05. The van der Waals surface area contributed by atoms with E-state index in [1.807, 2.05) is 86.6 Å². The summed E-state index contributed by atoms with van der Waals surface area (Å²) in [5, 5.41) is 18.6. The second-order valence-corrected chi connectivity index (χ2v) is 13.2. The smallest absolute Gasteiger partial charge is 0.248 e. The van der Waals surface area contributed by atoms with Gasteiger partial charge >= 0.3 is 0 Å². The molecule has 3 aromatic carbocycles. The molecule has 2 bridgehead atoms. The van der Waals surface area contributed by atoms with Gasteiger partial charge in [-0.3, -0.25) is 14.4 Å². The Labute approximate surface area is 238 Å². The van der Waals surface area contributed by atoms with Crippen LogP contribution in [-0.4, -0.2) is 56.4 Å². The average Bonchev–Trinajstić information content (AvgIpc) is 3.60. The van der Waals surface area contributed by atoms with Crippen LogP contribution in [0.25, 0.3) is 10.8 Å². The van der Waals surface area contributed by atoms with Crippen LogP contribution >= 0.6 is 11.8 Å². The Morgan fingerprint density at radius 1 is 1.02 bits per heavy atom. The van der Waals surface area contributed by atoms with Crippen molar-refractivity contribution in [3.63, 3.8) is 0 Å². The number of benzene rings is 3. The van der Waals surface area contributed by atoms with Gasteiger partial charge in [0.2, 0.25) is 17.7 Å². The SMILES string of the molecule is CC(C)[C@H](CO)N1C(=O)[C@@H]2[C@@H](C(=O)NCc3ccccc3)[C@H]3CCC2(S3)C1C(=O)Nc1ccc2ccccc2c1. The summed E-state index contributed by atoms with van der Waals surface area (Å²) in [7, 11) is 0. The van der Waals surface area contributed by atoms with E-state index in [1.165, 1.54) is 0 Å². The second kappa shape index (κ2) is 10.6. The average molecular weight is 558 g/mol. The van der Waals surface area contributed by atoms with Gasteiger partial charge in [0.05, 0.1) is 29.2 Å². The first-order valence-corrected chi connectivity index (χ1v) is 14.9. The van der Waals surface area contributed by atoms with Crippen LogP contribution < -0.4 is 10.6 Å². The molecule has 0 aromatic heterocycles. The number of likely N-dealkylation sites (tertiary alicyclic amines) is 1. The van der Waals surface area contributed by atoms with Crippen molar-refractivity contribution in [2.45, 2.75) is 55.3 Å². The van der Waals surface area contributed by atoms with Crippen molar-refractivity contribution < 1.29 is 19.5 Å². The molecule has 8 heteroatoms. The molecule has 208 valence electrons. The van der Waals surface area contributed by atoms with E-state index < -0.39 is 28.7 Å². The highest BCUT2D eigenvalue weighted by molar-refractivity contribution is 8.02. The molecule has 2 unspecified atom stereocenters. The number of thioether (sulfide) groups is 1. The zero-order valence-electron chi connectivity index (χ0n) is 22.7. The molecule has 3 aliphatic heterocycles. The summed E-state index contributed by atoms with van der Waals surface area (Å²) in [5.74, 6) is -1.77. The molecular weight excluding hydrogens is 522 g/mol. The molecule has 3 heterocycles. The van der Waals surface area contributed by atoms with E-state index in [2.05, 4.69) is 10.6 Å². The summed E-state index contributed by atoms with van der Waals surface area (Å²) in [4.78, 5) is 43.7. The van der Waals surface area contributed by atoms with Crippen molar-refractivity contribution in [2.75, 3.05) is 11.9 Å². The minimum absolute atomic E-state index is 0.0190. The van der Waals surface area contributed by atoms with Gasteiger partial charge in [-0.05, 0) is 47.2 Å². The van der Waals surface area contributed by atoms with Gasteiger partial charge in [0, 0.05) is 17.5 Å². The summed E-state index contributed by atoms with van der Waals surface area (Å²) < 4.78 is -0.709. The summed E-state index contributed by atoms with van der Waals surface area (Å²) in [6, 6.07) is 22.2. The molecule has 6 rings (SSSR count). The number of anilines is 1. The monoisotopic (exact) mass is 557 g/mol. The Morgan fingerprint density at radius 3 is 2.48 bits per heavy atom. The molecule has 3 amide bonds. The minimum Gasteiger partial charge on any atom is -0.394 e. The highest BCUT2D eigenvalue weighted by Gasteiger charge is 2.74. The van der Waals surface area contributed by atoms with Gasteiger partial charge in [-0.2, -0.15) is 0 Å². The van der Waals surface area contributed by atoms with Gasteiger partial charge in [0.25, 0.3) is 0 Å². The normalized spacial score (nSPS) is 27.7. The van der Waals surface area contributed by atoms with Crippen LogP contribution in [0.4, 0.5) is 5.69 Å². The Hall–Kier alpha value is -3.36. The molecule has 3 aliphatic rings. The van der Waals surface area contributed by atoms with Crippen LogP contribution in [0, 0.1) is 17.8 Å². The minimum atomic E-state index is -0.780. The first-order chi connectivity index (χ1) is 19.3. The van der Waals surface area contributed by atoms with Crippen molar-refractivity contribution in [3.8, 4) is 0 Å². The molecular formula is C32H35N3O4S. The lowest BCUT2D eigenvalue weighted by atomic mass is 9.70. The van der Waals surface area contributed by atoms with Crippen LogP contribution in [0.15, 0.2) is 72.8 Å². The molecule has 6 atom stereocenters. The number of rotatable bonds is 8. The Morgan fingerprint density at radius 2 is 1.75 bits per heavy atom. The fraction of sp³-hybridized carbons (Fsp3) is 0.406. The van der Waals surface area contributed by atoms with Gasteiger partial charge in [0.1, 0.15) is 6.04 Å². The van der Waals surface area contributed by atoms with Gasteiger partial charge in [0.15, 0.2) is 0 Å². The van der Waals surface area contributed by atoms with Crippen molar-refractivity contribution in [3.05, 3.63) is 78.4 Å². The summed E-state index contributed by atoms with van der Waals surface area (Å²) >= 11 is 1.64. The third-order valence-electron chi connectivity index (χ3n) is 8.93. The number of fused-ring (bicyclic) bond motifs is 2. The molecule has 3 fully saturated rings. The summed E-state index contributed by atoms with van der Waals surface area (Å²) in [5.41, 5.74) is 1.66. The number of nitrogens with one attached hydrogen (secondary N) is 2. The highest BCUT2D eigenvalue weighted by Crippen LogP contribution is 2.66. The Bertz CT molecular complexity index is 1450. The molecule has 40 heavy (non-hydrogen) atoms. The lowest BCUT2D eigenvalue weighted by molar-refractivity contribution is -0.143. The first kappa shape index (κ1) is 26.8. The van der Waals surface area contributed by atoms with Gasteiger partial charge in [-0.15, -0.1) is 11.8 Å².